The average molecular weight is 281 g/mol. The molecule has 1 aromatic rings. The number of aliphatic carboxylic acids is 1. The maximum Gasteiger partial charge on any atom is 0.436 e. The smallest absolute Gasteiger partial charge is 0.436 e. The number of hydrogen-bond acceptors (Lipinski definition) is 5. The van der Waals surface area contributed by atoms with Gasteiger partial charge in [0.25, 0.3) is 5.91 Å². The highest BCUT2D eigenvalue weighted by atomic mass is 32.2. The van der Waals surface area contributed by atoms with Crippen LogP contribution in [0.2, 0.25) is 0 Å². The fourth-order valence-corrected chi connectivity index (χ4v) is 3.19. The summed E-state index contributed by atoms with van der Waals surface area (Å²) in [5, 5.41) is 12.3. The van der Waals surface area contributed by atoms with Gasteiger partial charge in [0, 0.05) is 5.56 Å². The molecule has 7 heteroatoms. The second-order valence-corrected chi connectivity index (χ2v) is 5.86. The van der Waals surface area contributed by atoms with Crippen LogP contribution in [0.15, 0.2) is 24.3 Å². The molecule has 1 atom stereocenters. The number of rotatable bonds is 5. The molecule has 6 nitrogen and oxygen atoms in total. The molecule has 1 heterocycles. The molecular weight excluding hydrogens is 270 g/mol. The predicted molar refractivity (Wildman–Crippen MR) is 66.4 cm³/mol. The Morgan fingerprint density at radius 1 is 1.32 bits per heavy atom. The van der Waals surface area contributed by atoms with Crippen LogP contribution < -0.4 is 15.2 Å². The highest BCUT2D eigenvalue weighted by Gasteiger charge is 2.40. The van der Waals surface area contributed by atoms with Crippen LogP contribution in [-0.2, 0) is 26.2 Å². The summed E-state index contributed by atoms with van der Waals surface area (Å²) in [7, 11) is -0.615. The number of nitrogens with one attached hydrogen (secondary N) is 1. The number of amides is 2. The maximum atomic E-state index is 11.4. The number of benzene rings is 1. The molecule has 1 aliphatic rings. The number of carbonyl (C=O) groups excluding carboxylic acids is 3. The molecule has 1 N–H and O–H groups in total. The lowest BCUT2D eigenvalue weighted by Crippen LogP contribution is -2.28. The molecule has 0 aromatic heterocycles. The van der Waals surface area contributed by atoms with Crippen molar-refractivity contribution in [2.75, 3.05) is 12.4 Å². The number of carbonyl (C=O) groups is 3. The van der Waals surface area contributed by atoms with Gasteiger partial charge in [0.05, 0.1) is 16.9 Å². The van der Waals surface area contributed by atoms with Gasteiger partial charge in [0.2, 0.25) is 0 Å². The molecule has 100 valence electrons. The third-order valence-corrected chi connectivity index (χ3v) is 4.35. The molecule has 2 rings (SSSR count). The monoisotopic (exact) mass is 281 g/mol. The normalized spacial score (nSPS) is 18.2. The lowest BCUT2D eigenvalue weighted by molar-refractivity contribution is -0.307. The second-order valence-electron chi connectivity index (χ2n) is 3.92. The minimum atomic E-state index is -1.29. The SMILES string of the molecule is O=C([O-])COc1ccc(C[S+]2CC(=O)NC2=O)cc1. The van der Waals surface area contributed by atoms with Crippen LogP contribution in [0.4, 0.5) is 4.79 Å². The summed E-state index contributed by atoms with van der Waals surface area (Å²) in [6, 6.07) is 6.73. The van der Waals surface area contributed by atoms with E-state index in [0.29, 0.717) is 11.5 Å². The Bertz CT molecular complexity index is 513. The maximum absolute atomic E-state index is 11.4. The van der Waals surface area contributed by atoms with Gasteiger partial charge in [-0.3, -0.25) is 4.79 Å². The first kappa shape index (κ1) is 13.4. The zero-order chi connectivity index (χ0) is 13.8. The summed E-state index contributed by atoms with van der Waals surface area (Å²) in [5.41, 5.74) is 0.897. The molecule has 1 aliphatic heterocycles. The number of hydrogen-bond donors (Lipinski definition) is 1. The fraction of sp³-hybridized carbons (Fsp3) is 0.250. The van der Waals surface area contributed by atoms with Crippen molar-refractivity contribution in [3.8, 4) is 5.75 Å². The van der Waals surface area contributed by atoms with Crippen molar-refractivity contribution in [3.05, 3.63) is 29.8 Å². The molecule has 2 amide bonds. The van der Waals surface area contributed by atoms with E-state index >= 15 is 0 Å². The number of imide groups is 1. The third kappa shape index (κ3) is 3.72. The van der Waals surface area contributed by atoms with Gasteiger partial charge >= 0.3 is 5.24 Å². The first-order chi connectivity index (χ1) is 9.04. The van der Waals surface area contributed by atoms with Crippen molar-refractivity contribution in [1.29, 1.82) is 0 Å². The quantitative estimate of drug-likeness (QED) is 0.712. The minimum absolute atomic E-state index is 0.220. The first-order valence-corrected chi connectivity index (χ1v) is 7.04. The van der Waals surface area contributed by atoms with Crippen LogP contribution in [0.5, 0.6) is 5.75 Å². The Kier molecular flexibility index (Phi) is 4.06. The molecule has 0 saturated carbocycles. The second kappa shape index (κ2) is 5.75. The van der Waals surface area contributed by atoms with Gasteiger partial charge < -0.3 is 14.6 Å². The molecule has 19 heavy (non-hydrogen) atoms. The summed E-state index contributed by atoms with van der Waals surface area (Å²) < 4.78 is 4.94. The van der Waals surface area contributed by atoms with E-state index in [4.69, 9.17) is 4.74 Å². The standard InChI is InChI=1S/C12H11NO5S/c14-10-7-19(12(17)13-10)6-8-1-3-9(4-2-8)18-5-11(15)16/h1-4H,5-7H2,(H-,13,14,15,16,17). The number of carboxylic acid groups (broad SMARTS) is 1. The summed E-state index contributed by atoms with van der Waals surface area (Å²) in [5.74, 6) is -0.364. The van der Waals surface area contributed by atoms with Crippen LogP contribution in [0.3, 0.4) is 0 Å². The molecular formula is C12H11NO5S. The van der Waals surface area contributed by atoms with E-state index in [0.717, 1.165) is 5.56 Å². The highest BCUT2D eigenvalue weighted by Crippen LogP contribution is 2.17. The van der Waals surface area contributed by atoms with Gasteiger partial charge in [0.15, 0.2) is 5.75 Å². The Morgan fingerprint density at radius 3 is 2.53 bits per heavy atom. The molecule has 0 spiro atoms. The van der Waals surface area contributed by atoms with Crippen LogP contribution in [0, 0.1) is 0 Å². The van der Waals surface area contributed by atoms with E-state index in [-0.39, 0.29) is 16.9 Å². The molecule has 1 saturated heterocycles. The Balaban J connectivity index is 1.93. The van der Waals surface area contributed by atoms with E-state index < -0.39 is 23.5 Å². The van der Waals surface area contributed by atoms with Gasteiger partial charge in [-0.1, -0.05) is 12.1 Å². The van der Waals surface area contributed by atoms with Crippen molar-refractivity contribution in [1.82, 2.24) is 5.32 Å². The molecule has 1 fully saturated rings. The summed E-state index contributed by atoms with van der Waals surface area (Å²) in [6.07, 6.45) is 0. The lowest BCUT2D eigenvalue weighted by atomic mass is 10.2. The van der Waals surface area contributed by atoms with E-state index in [1.165, 1.54) is 0 Å². The summed E-state index contributed by atoms with van der Waals surface area (Å²) in [6.45, 7) is -0.499. The van der Waals surface area contributed by atoms with E-state index in [1.54, 1.807) is 24.3 Å². The average Bonchev–Trinajstić information content (AvgIpc) is 2.67. The van der Waals surface area contributed by atoms with Gasteiger partial charge in [-0.2, -0.15) is 0 Å². The van der Waals surface area contributed by atoms with E-state index in [1.807, 2.05) is 0 Å². The zero-order valence-electron chi connectivity index (χ0n) is 9.88. The number of carboxylic acids is 1. The van der Waals surface area contributed by atoms with Crippen LogP contribution in [0.25, 0.3) is 0 Å². The summed E-state index contributed by atoms with van der Waals surface area (Å²) in [4.78, 5) is 32.7. The van der Waals surface area contributed by atoms with Crippen LogP contribution >= 0.6 is 0 Å². The van der Waals surface area contributed by atoms with Crippen molar-refractivity contribution < 1.29 is 24.2 Å². The van der Waals surface area contributed by atoms with Crippen LogP contribution in [0.1, 0.15) is 5.56 Å². The summed E-state index contributed by atoms with van der Waals surface area (Å²) >= 11 is 0. The predicted octanol–water partition coefficient (Wildman–Crippen LogP) is -0.817. The molecule has 0 radical (unpaired) electrons. The lowest BCUT2D eigenvalue weighted by Gasteiger charge is -2.06. The topological polar surface area (TPSA) is 95.5 Å². The highest BCUT2D eigenvalue weighted by molar-refractivity contribution is 8.11. The Morgan fingerprint density at radius 2 is 2.00 bits per heavy atom. The molecule has 1 aromatic carbocycles. The van der Waals surface area contributed by atoms with Gasteiger partial charge in [-0.25, -0.2) is 10.1 Å². The molecule has 1 unspecified atom stereocenters. The van der Waals surface area contributed by atoms with Crippen molar-refractivity contribution in [3.63, 3.8) is 0 Å². The zero-order valence-corrected chi connectivity index (χ0v) is 10.7. The van der Waals surface area contributed by atoms with Crippen molar-refractivity contribution >= 4 is 28.0 Å². The largest absolute Gasteiger partial charge is 0.546 e. The first-order valence-electron chi connectivity index (χ1n) is 5.47. The van der Waals surface area contributed by atoms with Crippen LogP contribution in [-0.4, -0.2) is 29.5 Å². The third-order valence-electron chi connectivity index (χ3n) is 2.43. The van der Waals surface area contributed by atoms with E-state index in [2.05, 4.69) is 5.32 Å². The van der Waals surface area contributed by atoms with Crippen molar-refractivity contribution in [2.24, 2.45) is 0 Å². The Labute approximate surface area is 112 Å². The fourth-order valence-electron chi connectivity index (χ4n) is 1.59. The van der Waals surface area contributed by atoms with Gasteiger partial charge in [-0.15, -0.1) is 0 Å². The van der Waals surface area contributed by atoms with E-state index in [9.17, 15) is 19.5 Å². The minimum Gasteiger partial charge on any atom is -0.546 e. The molecule has 0 bridgehead atoms. The van der Waals surface area contributed by atoms with Gasteiger partial charge in [-0.05, 0) is 12.1 Å². The van der Waals surface area contributed by atoms with Crippen molar-refractivity contribution in [2.45, 2.75) is 5.75 Å². The Hall–Kier alpha value is -2.02. The molecule has 0 aliphatic carbocycles. The van der Waals surface area contributed by atoms with Gasteiger partial charge in [0.1, 0.15) is 18.1 Å². The number of ether oxygens (including phenoxy) is 1.